The Kier molecular flexibility index (Phi) is 3.04. The van der Waals surface area contributed by atoms with Crippen molar-refractivity contribution in [3.05, 3.63) is 60.7 Å². The maximum atomic E-state index is 5.60. The van der Waals surface area contributed by atoms with Crippen molar-refractivity contribution in [1.29, 1.82) is 0 Å². The molecule has 1 N–H and O–H groups in total. The molecule has 0 amide bonds. The SMILES string of the molecule is CCOc1nc(-c2ccccc2)c2cc3cccc3cc2[nH]1. The number of aromatic amines is 1. The van der Waals surface area contributed by atoms with Crippen LogP contribution in [0.2, 0.25) is 0 Å². The zero-order valence-electron chi connectivity index (χ0n) is 12.3. The number of ether oxygens (including phenoxy) is 1. The zero-order chi connectivity index (χ0) is 14.9. The summed E-state index contributed by atoms with van der Waals surface area (Å²) in [5.74, 6) is 0. The predicted octanol–water partition coefficient (Wildman–Crippen LogP) is 4.78. The van der Waals surface area contributed by atoms with E-state index in [0.29, 0.717) is 12.6 Å². The molecule has 0 fully saturated rings. The Hall–Kier alpha value is -2.81. The maximum Gasteiger partial charge on any atom is 0.294 e. The quantitative estimate of drug-likeness (QED) is 0.589. The highest BCUT2D eigenvalue weighted by Crippen LogP contribution is 2.31. The first-order valence-electron chi connectivity index (χ1n) is 7.46. The Morgan fingerprint density at radius 1 is 0.955 bits per heavy atom. The van der Waals surface area contributed by atoms with E-state index in [1.165, 1.54) is 10.8 Å². The molecule has 0 radical (unpaired) electrons. The molecule has 1 heterocycles. The molecule has 0 saturated carbocycles. The standard InChI is InChI=1S/C19H16N2O/c1-2-22-19-20-17-12-15-10-6-9-14(15)11-16(17)18(21-19)13-7-4-3-5-8-13/h3-12H,2H2,1H3,(H,20,21). The zero-order valence-corrected chi connectivity index (χ0v) is 12.3. The Morgan fingerprint density at radius 2 is 1.73 bits per heavy atom. The molecular weight excluding hydrogens is 272 g/mol. The molecule has 0 aliphatic heterocycles. The molecule has 0 aliphatic rings. The minimum Gasteiger partial charge on any atom is -0.465 e. The van der Waals surface area contributed by atoms with E-state index in [2.05, 4.69) is 52.4 Å². The van der Waals surface area contributed by atoms with E-state index in [1.807, 2.05) is 25.1 Å². The number of rotatable bonds is 3. The second kappa shape index (κ2) is 5.19. The smallest absolute Gasteiger partial charge is 0.294 e. The number of aromatic nitrogens is 2. The molecule has 0 unspecified atom stereocenters. The van der Waals surface area contributed by atoms with Gasteiger partial charge in [0.25, 0.3) is 6.01 Å². The van der Waals surface area contributed by atoms with Crippen LogP contribution in [0.25, 0.3) is 32.9 Å². The molecule has 1 aromatic heterocycles. The number of hydrogen-bond acceptors (Lipinski definition) is 2. The Bertz CT molecular complexity index is 942. The summed E-state index contributed by atoms with van der Waals surface area (Å²) < 4.78 is 5.60. The summed E-state index contributed by atoms with van der Waals surface area (Å²) in [7, 11) is 0. The van der Waals surface area contributed by atoms with Crippen molar-refractivity contribution in [2.45, 2.75) is 6.92 Å². The fourth-order valence-corrected chi connectivity index (χ4v) is 2.80. The van der Waals surface area contributed by atoms with Gasteiger partial charge in [0, 0.05) is 10.9 Å². The summed E-state index contributed by atoms with van der Waals surface area (Å²) in [6.45, 7) is 2.55. The average Bonchev–Trinajstić information content (AvgIpc) is 3.00. The number of nitrogens with zero attached hydrogens (tertiary/aromatic N) is 1. The van der Waals surface area contributed by atoms with Crippen molar-refractivity contribution in [2.24, 2.45) is 0 Å². The summed E-state index contributed by atoms with van der Waals surface area (Å²) in [6.07, 6.45) is 0. The first-order chi connectivity index (χ1) is 10.8. The van der Waals surface area contributed by atoms with Gasteiger partial charge >= 0.3 is 0 Å². The Morgan fingerprint density at radius 3 is 2.50 bits per heavy atom. The Balaban J connectivity index is 2.06. The predicted molar refractivity (Wildman–Crippen MR) is 90.2 cm³/mol. The van der Waals surface area contributed by atoms with Gasteiger partial charge in [-0.3, -0.25) is 0 Å². The van der Waals surface area contributed by atoms with E-state index < -0.39 is 0 Å². The first-order valence-corrected chi connectivity index (χ1v) is 7.46. The van der Waals surface area contributed by atoms with E-state index in [1.54, 1.807) is 0 Å². The minimum absolute atomic E-state index is 0.555. The van der Waals surface area contributed by atoms with E-state index in [0.717, 1.165) is 22.2 Å². The van der Waals surface area contributed by atoms with Crippen LogP contribution < -0.4 is 4.74 Å². The van der Waals surface area contributed by atoms with Gasteiger partial charge in [0.2, 0.25) is 0 Å². The number of nitrogens with one attached hydrogen (secondary N) is 1. The monoisotopic (exact) mass is 288 g/mol. The molecule has 0 bridgehead atoms. The van der Waals surface area contributed by atoms with Gasteiger partial charge in [-0.2, -0.15) is 4.98 Å². The lowest BCUT2D eigenvalue weighted by atomic mass is 10.0. The van der Waals surface area contributed by atoms with Gasteiger partial charge < -0.3 is 9.72 Å². The van der Waals surface area contributed by atoms with Crippen LogP contribution >= 0.6 is 0 Å². The fraction of sp³-hybridized carbons (Fsp3) is 0.105. The van der Waals surface area contributed by atoms with Gasteiger partial charge in [-0.15, -0.1) is 0 Å². The molecule has 0 saturated heterocycles. The molecule has 3 aromatic carbocycles. The summed E-state index contributed by atoms with van der Waals surface area (Å²) >= 11 is 0. The van der Waals surface area contributed by atoms with Crippen LogP contribution in [-0.4, -0.2) is 16.6 Å². The van der Waals surface area contributed by atoms with Crippen LogP contribution in [0.4, 0.5) is 0 Å². The third-order valence-electron chi connectivity index (χ3n) is 3.81. The van der Waals surface area contributed by atoms with Crippen LogP contribution in [0.15, 0.2) is 60.7 Å². The number of H-pyrrole nitrogens is 1. The van der Waals surface area contributed by atoms with E-state index in [9.17, 15) is 0 Å². The van der Waals surface area contributed by atoms with Gasteiger partial charge in [0.05, 0.1) is 17.8 Å². The van der Waals surface area contributed by atoms with Gasteiger partial charge in [-0.25, -0.2) is 0 Å². The first kappa shape index (κ1) is 12.9. The Labute approximate surface area is 128 Å². The second-order valence-corrected chi connectivity index (χ2v) is 5.24. The molecule has 108 valence electrons. The summed E-state index contributed by atoms with van der Waals surface area (Å²) in [5.41, 5.74) is 3.07. The lowest BCUT2D eigenvalue weighted by Gasteiger charge is -2.10. The van der Waals surface area contributed by atoms with Crippen LogP contribution in [0.3, 0.4) is 0 Å². The van der Waals surface area contributed by atoms with Gasteiger partial charge in [-0.1, -0.05) is 48.5 Å². The molecular formula is C19H16N2O. The van der Waals surface area contributed by atoms with Crippen molar-refractivity contribution in [3.63, 3.8) is 0 Å². The van der Waals surface area contributed by atoms with E-state index in [-0.39, 0.29) is 0 Å². The third-order valence-corrected chi connectivity index (χ3v) is 3.81. The highest BCUT2D eigenvalue weighted by molar-refractivity contribution is 6.02. The number of hydrogen-bond donors (Lipinski definition) is 1. The summed E-state index contributed by atoms with van der Waals surface area (Å²) in [5, 5.41) is 3.55. The minimum atomic E-state index is 0.555. The topological polar surface area (TPSA) is 37.9 Å². The van der Waals surface area contributed by atoms with Crippen molar-refractivity contribution in [1.82, 2.24) is 9.97 Å². The highest BCUT2D eigenvalue weighted by atomic mass is 16.5. The van der Waals surface area contributed by atoms with Crippen molar-refractivity contribution in [2.75, 3.05) is 6.61 Å². The molecule has 0 atom stereocenters. The molecule has 4 rings (SSSR count). The summed E-state index contributed by atoms with van der Waals surface area (Å²) in [4.78, 5) is 7.96. The van der Waals surface area contributed by atoms with Crippen LogP contribution in [0.1, 0.15) is 6.92 Å². The highest BCUT2D eigenvalue weighted by Gasteiger charge is 2.10. The second-order valence-electron chi connectivity index (χ2n) is 5.24. The molecule has 4 aromatic rings. The molecule has 3 nitrogen and oxygen atoms in total. The number of fused-ring (bicyclic) bond motifs is 2. The van der Waals surface area contributed by atoms with Crippen LogP contribution in [-0.2, 0) is 0 Å². The van der Waals surface area contributed by atoms with Crippen LogP contribution in [0.5, 0.6) is 6.01 Å². The van der Waals surface area contributed by atoms with Crippen LogP contribution in [0, 0.1) is 0 Å². The van der Waals surface area contributed by atoms with E-state index in [4.69, 9.17) is 4.74 Å². The molecule has 0 spiro atoms. The van der Waals surface area contributed by atoms with E-state index >= 15 is 0 Å². The van der Waals surface area contributed by atoms with Gasteiger partial charge in [0.1, 0.15) is 0 Å². The maximum absolute atomic E-state index is 5.60. The average molecular weight is 288 g/mol. The lowest BCUT2D eigenvalue weighted by Crippen LogP contribution is -1.99. The molecule has 3 heteroatoms. The van der Waals surface area contributed by atoms with Gasteiger partial charge in [0.15, 0.2) is 0 Å². The lowest BCUT2D eigenvalue weighted by molar-refractivity contribution is 0.314. The third kappa shape index (κ3) is 2.11. The fourth-order valence-electron chi connectivity index (χ4n) is 2.80. The molecule has 22 heavy (non-hydrogen) atoms. The van der Waals surface area contributed by atoms with Crippen molar-refractivity contribution >= 4 is 21.7 Å². The normalized spacial score (nSPS) is 11.1. The summed E-state index contributed by atoms with van der Waals surface area (Å²) in [6, 6.07) is 21.4. The molecule has 0 aliphatic carbocycles. The van der Waals surface area contributed by atoms with Gasteiger partial charge in [-0.05, 0) is 29.8 Å². The number of benzene rings is 2. The van der Waals surface area contributed by atoms with Crippen molar-refractivity contribution < 1.29 is 4.74 Å². The van der Waals surface area contributed by atoms with Crippen molar-refractivity contribution in [3.8, 4) is 17.3 Å². The largest absolute Gasteiger partial charge is 0.465 e.